The summed E-state index contributed by atoms with van der Waals surface area (Å²) < 4.78 is 12.9. The molecule has 1 aromatic carbocycles. The lowest BCUT2D eigenvalue weighted by atomic mass is 10.2. The van der Waals surface area contributed by atoms with Gasteiger partial charge in [-0.2, -0.15) is 4.98 Å². The predicted octanol–water partition coefficient (Wildman–Crippen LogP) is 2.81. The molecule has 8 nitrogen and oxygen atoms in total. The maximum atomic E-state index is 9.45. The molecule has 29 heavy (non-hydrogen) atoms. The van der Waals surface area contributed by atoms with E-state index in [-0.39, 0.29) is 19.8 Å². The van der Waals surface area contributed by atoms with Crippen LogP contribution in [0, 0.1) is 20.8 Å². The maximum absolute atomic E-state index is 9.45. The number of hydrogen-bond donors (Lipinski definition) is 3. The minimum atomic E-state index is -0.0700. The van der Waals surface area contributed by atoms with E-state index in [0.717, 1.165) is 33.8 Å². The average molecular weight is 398 g/mol. The fraction of sp³-hybridized carbons (Fsp3) is 0.333. The van der Waals surface area contributed by atoms with Crippen LogP contribution in [0.4, 0.5) is 11.6 Å². The number of anilines is 2. The van der Waals surface area contributed by atoms with Crippen molar-refractivity contribution in [2.75, 3.05) is 25.6 Å². The normalized spacial score (nSPS) is 10.8. The number of nitrogens with zero attached hydrogens (tertiary/aromatic N) is 3. The van der Waals surface area contributed by atoms with Crippen LogP contribution in [0.1, 0.15) is 22.3 Å². The predicted molar refractivity (Wildman–Crippen MR) is 110 cm³/mol. The summed E-state index contributed by atoms with van der Waals surface area (Å²) in [7, 11) is 1.57. The number of aryl methyl sites for hydroxylation is 3. The van der Waals surface area contributed by atoms with E-state index in [1.54, 1.807) is 19.4 Å². The van der Waals surface area contributed by atoms with Gasteiger partial charge in [0.2, 0.25) is 5.95 Å². The second-order valence-corrected chi connectivity index (χ2v) is 6.75. The zero-order chi connectivity index (χ0) is 21.0. The van der Waals surface area contributed by atoms with Crippen molar-refractivity contribution in [3.63, 3.8) is 0 Å². The fourth-order valence-corrected chi connectivity index (χ4v) is 3.07. The first-order chi connectivity index (χ1) is 14.0. The molecular formula is C21H26N4O4. The zero-order valence-electron chi connectivity index (χ0n) is 17.1. The Labute approximate surface area is 169 Å². The number of benzene rings is 1. The second-order valence-electron chi connectivity index (χ2n) is 6.75. The highest BCUT2D eigenvalue weighted by molar-refractivity contribution is 5.63. The minimum absolute atomic E-state index is 0.0160. The van der Waals surface area contributed by atoms with Crippen LogP contribution in [0.15, 0.2) is 30.7 Å². The van der Waals surface area contributed by atoms with Gasteiger partial charge in [0, 0.05) is 35.9 Å². The molecule has 0 fully saturated rings. The Hall–Kier alpha value is -3.10. The summed E-state index contributed by atoms with van der Waals surface area (Å²) in [6.45, 7) is 5.90. The summed E-state index contributed by atoms with van der Waals surface area (Å²) in [4.78, 5) is 9.01. The van der Waals surface area contributed by atoms with Crippen molar-refractivity contribution >= 4 is 11.6 Å². The van der Waals surface area contributed by atoms with E-state index in [1.807, 2.05) is 43.8 Å². The Morgan fingerprint density at radius 2 is 1.86 bits per heavy atom. The van der Waals surface area contributed by atoms with Gasteiger partial charge in [-0.1, -0.05) is 0 Å². The lowest BCUT2D eigenvalue weighted by Gasteiger charge is -2.15. The molecule has 3 rings (SSSR count). The maximum Gasteiger partial charge on any atom is 0.229 e. The molecule has 0 spiro atoms. The molecule has 0 aliphatic heterocycles. The van der Waals surface area contributed by atoms with Crippen LogP contribution < -0.4 is 14.8 Å². The second kappa shape index (κ2) is 8.93. The van der Waals surface area contributed by atoms with Crippen LogP contribution in [-0.2, 0) is 6.61 Å². The Morgan fingerprint density at radius 1 is 1.07 bits per heavy atom. The third-order valence-corrected chi connectivity index (χ3v) is 4.55. The highest BCUT2D eigenvalue weighted by Crippen LogP contribution is 2.35. The van der Waals surface area contributed by atoms with Gasteiger partial charge in [0.25, 0.3) is 0 Å². The van der Waals surface area contributed by atoms with Gasteiger partial charge in [0.15, 0.2) is 11.5 Å². The first-order valence-electron chi connectivity index (χ1n) is 9.28. The van der Waals surface area contributed by atoms with Gasteiger partial charge < -0.3 is 29.6 Å². The molecule has 0 saturated heterocycles. The Morgan fingerprint density at radius 3 is 2.52 bits per heavy atom. The molecule has 2 heterocycles. The summed E-state index contributed by atoms with van der Waals surface area (Å²) in [5.41, 5.74) is 4.39. The van der Waals surface area contributed by atoms with E-state index < -0.39 is 0 Å². The summed E-state index contributed by atoms with van der Waals surface area (Å²) in [6.07, 6.45) is 5.56. The molecule has 0 aliphatic rings. The van der Waals surface area contributed by atoms with Crippen LogP contribution in [0.25, 0.3) is 5.82 Å². The van der Waals surface area contributed by atoms with Gasteiger partial charge in [0.05, 0.1) is 20.3 Å². The number of rotatable bonds is 8. The number of aliphatic hydroxyl groups is 2. The first-order valence-corrected chi connectivity index (χ1v) is 9.28. The van der Waals surface area contributed by atoms with E-state index in [2.05, 4.69) is 15.3 Å². The molecule has 8 heteroatoms. The standard InChI is InChI=1S/C21H26N4O4/c1-13-7-17(8-18(28-4)19(13)29-6-5-26)23-21-22-9-14(2)20(24-21)25-10-15(3)16(11-25)12-27/h7-11,26-27H,5-6,12H2,1-4H3,(H,22,23,24). The smallest absolute Gasteiger partial charge is 0.229 e. The Bertz CT molecular complexity index is 1000. The Balaban J connectivity index is 1.91. The molecule has 0 amide bonds. The molecule has 0 unspecified atom stereocenters. The average Bonchev–Trinajstić information content (AvgIpc) is 3.08. The highest BCUT2D eigenvalue weighted by atomic mass is 16.5. The third-order valence-electron chi connectivity index (χ3n) is 4.55. The summed E-state index contributed by atoms with van der Waals surface area (Å²) in [6, 6.07) is 3.70. The number of aliphatic hydroxyl groups excluding tert-OH is 2. The van der Waals surface area contributed by atoms with Crippen LogP contribution in [-0.4, -0.2) is 45.1 Å². The van der Waals surface area contributed by atoms with E-state index in [4.69, 9.17) is 14.6 Å². The van der Waals surface area contributed by atoms with Gasteiger partial charge in [-0.05, 0) is 43.5 Å². The molecular weight excluding hydrogens is 372 g/mol. The van der Waals surface area contributed by atoms with E-state index in [1.165, 1.54) is 0 Å². The van der Waals surface area contributed by atoms with E-state index in [0.29, 0.717) is 17.4 Å². The van der Waals surface area contributed by atoms with Crippen molar-refractivity contribution in [3.05, 3.63) is 53.0 Å². The van der Waals surface area contributed by atoms with Crippen molar-refractivity contribution in [3.8, 4) is 17.3 Å². The molecule has 3 aromatic rings. The molecule has 0 aliphatic carbocycles. The van der Waals surface area contributed by atoms with Crippen molar-refractivity contribution in [1.29, 1.82) is 0 Å². The van der Waals surface area contributed by atoms with Gasteiger partial charge in [-0.15, -0.1) is 0 Å². The number of methoxy groups -OCH3 is 1. The van der Waals surface area contributed by atoms with E-state index >= 15 is 0 Å². The summed E-state index contributed by atoms with van der Waals surface area (Å²) in [5.74, 6) is 2.32. The largest absolute Gasteiger partial charge is 0.493 e. The molecule has 0 bridgehead atoms. The molecule has 3 N–H and O–H groups in total. The van der Waals surface area contributed by atoms with Gasteiger partial charge in [-0.3, -0.25) is 0 Å². The van der Waals surface area contributed by atoms with Crippen molar-refractivity contribution in [2.24, 2.45) is 0 Å². The van der Waals surface area contributed by atoms with Crippen molar-refractivity contribution in [1.82, 2.24) is 14.5 Å². The number of hydrogen-bond acceptors (Lipinski definition) is 7. The lowest BCUT2D eigenvalue weighted by Crippen LogP contribution is -2.06. The van der Waals surface area contributed by atoms with Crippen LogP contribution in [0.3, 0.4) is 0 Å². The SMILES string of the molecule is COc1cc(Nc2ncc(C)c(-n3cc(C)c(CO)c3)n2)cc(C)c1OCCO. The van der Waals surface area contributed by atoms with Crippen LogP contribution in [0.5, 0.6) is 11.5 Å². The number of ether oxygens (including phenoxy) is 2. The topological polar surface area (TPSA) is 102 Å². The van der Waals surface area contributed by atoms with Crippen LogP contribution in [0.2, 0.25) is 0 Å². The minimum Gasteiger partial charge on any atom is -0.493 e. The monoisotopic (exact) mass is 398 g/mol. The lowest BCUT2D eigenvalue weighted by molar-refractivity contribution is 0.196. The molecule has 154 valence electrons. The summed E-state index contributed by atoms with van der Waals surface area (Å²) >= 11 is 0. The van der Waals surface area contributed by atoms with Crippen molar-refractivity contribution < 1.29 is 19.7 Å². The van der Waals surface area contributed by atoms with Gasteiger partial charge in [0.1, 0.15) is 12.4 Å². The van der Waals surface area contributed by atoms with Crippen LogP contribution >= 0.6 is 0 Å². The fourth-order valence-electron chi connectivity index (χ4n) is 3.07. The third kappa shape index (κ3) is 4.49. The quantitative estimate of drug-likeness (QED) is 0.536. The van der Waals surface area contributed by atoms with Crippen molar-refractivity contribution in [2.45, 2.75) is 27.4 Å². The number of aromatic nitrogens is 3. The molecule has 2 aromatic heterocycles. The molecule has 0 saturated carbocycles. The van der Waals surface area contributed by atoms with E-state index in [9.17, 15) is 5.11 Å². The van der Waals surface area contributed by atoms with Gasteiger partial charge in [-0.25, -0.2) is 4.98 Å². The Kier molecular flexibility index (Phi) is 6.36. The summed E-state index contributed by atoms with van der Waals surface area (Å²) in [5, 5.41) is 21.7. The van der Waals surface area contributed by atoms with Gasteiger partial charge >= 0.3 is 0 Å². The highest BCUT2D eigenvalue weighted by Gasteiger charge is 2.13. The zero-order valence-corrected chi connectivity index (χ0v) is 17.1. The molecule has 0 radical (unpaired) electrons. The molecule has 0 atom stereocenters. The number of nitrogens with one attached hydrogen (secondary N) is 1. The first kappa shape index (κ1) is 20.6.